The fraction of sp³-hybridized carbons (Fsp3) is 0.923. The van der Waals surface area contributed by atoms with Gasteiger partial charge in [0.25, 0.3) is 0 Å². The van der Waals surface area contributed by atoms with Gasteiger partial charge in [0, 0.05) is 6.42 Å². The summed E-state index contributed by atoms with van der Waals surface area (Å²) in [7, 11) is 1.50. The lowest BCUT2D eigenvalue weighted by molar-refractivity contribution is -0.145. The Kier molecular flexibility index (Phi) is 5.26. The fourth-order valence-corrected chi connectivity index (χ4v) is 3.85. The molecule has 1 unspecified atom stereocenters. The number of nitrogens with two attached hydrogens (primary N) is 1. The lowest BCUT2D eigenvalue weighted by Crippen LogP contribution is -2.48. The monoisotopic (exact) mass is 227 g/mol. The number of carbonyl (C=O) groups is 1. The standard InChI is InChI=1S/C12H20O2.CH5N/c1-2-8-9-5-3-4-6-10(9)11(8)7-12(13)14;1-2/h8-11H,2-7H2,1H3,(H,13,14);2H2,1H3/t8-,9?,10+,11-;/m1./s1. The Morgan fingerprint density at radius 1 is 1.19 bits per heavy atom. The molecule has 2 aliphatic carbocycles. The van der Waals surface area contributed by atoms with Crippen LogP contribution in [0.1, 0.15) is 45.4 Å². The van der Waals surface area contributed by atoms with Crippen LogP contribution in [0.25, 0.3) is 0 Å². The van der Waals surface area contributed by atoms with E-state index in [1.807, 2.05) is 0 Å². The zero-order valence-corrected chi connectivity index (χ0v) is 10.5. The SMILES string of the molecule is CC[C@@H]1C2CCCC[C@@H]2[C@@H]1CC(=O)O.CN. The molecular weight excluding hydrogens is 202 g/mol. The highest BCUT2D eigenvalue weighted by molar-refractivity contribution is 5.67. The molecule has 0 aromatic rings. The van der Waals surface area contributed by atoms with Crippen molar-refractivity contribution < 1.29 is 9.90 Å². The predicted octanol–water partition coefficient (Wildman–Crippen LogP) is 2.50. The van der Waals surface area contributed by atoms with Crippen LogP contribution in [-0.4, -0.2) is 18.1 Å². The minimum atomic E-state index is -0.600. The van der Waals surface area contributed by atoms with Gasteiger partial charge >= 0.3 is 5.97 Å². The first-order valence-electron chi connectivity index (χ1n) is 6.53. The maximum atomic E-state index is 10.7. The van der Waals surface area contributed by atoms with Gasteiger partial charge < -0.3 is 10.8 Å². The maximum Gasteiger partial charge on any atom is 0.303 e. The number of hydrogen-bond donors (Lipinski definition) is 2. The second-order valence-electron chi connectivity index (χ2n) is 4.95. The molecule has 2 fully saturated rings. The Hall–Kier alpha value is -0.570. The summed E-state index contributed by atoms with van der Waals surface area (Å²) in [6.07, 6.45) is 6.95. The summed E-state index contributed by atoms with van der Waals surface area (Å²) in [4.78, 5) is 10.7. The highest BCUT2D eigenvalue weighted by Crippen LogP contribution is 2.56. The van der Waals surface area contributed by atoms with Crippen LogP contribution in [0.5, 0.6) is 0 Å². The molecule has 0 amide bonds. The van der Waals surface area contributed by atoms with Crippen LogP contribution < -0.4 is 5.73 Å². The maximum absolute atomic E-state index is 10.7. The molecule has 3 nitrogen and oxygen atoms in total. The zero-order valence-electron chi connectivity index (χ0n) is 10.5. The predicted molar refractivity (Wildman–Crippen MR) is 65.1 cm³/mol. The van der Waals surface area contributed by atoms with Crippen LogP contribution >= 0.6 is 0 Å². The normalized spacial score (nSPS) is 36.4. The molecule has 4 atom stereocenters. The first-order chi connectivity index (χ1) is 7.74. The third-order valence-corrected chi connectivity index (χ3v) is 4.41. The van der Waals surface area contributed by atoms with Crippen molar-refractivity contribution in [1.82, 2.24) is 0 Å². The van der Waals surface area contributed by atoms with Crippen LogP contribution in [0.15, 0.2) is 0 Å². The lowest BCUT2D eigenvalue weighted by Gasteiger charge is -2.54. The van der Waals surface area contributed by atoms with Gasteiger partial charge in [0.1, 0.15) is 0 Å². The van der Waals surface area contributed by atoms with Gasteiger partial charge in [0.05, 0.1) is 0 Å². The number of carboxylic acid groups (broad SMARTS) is 1. The van der Waals surface area contributed by atoms with Crippen molar-refractivity contribution in [3.05, 3.63) is 0 Å². The summed E-state index contributed by atoms with van der Waals surface area (Å²) in [5.74, 6) is 2.25. The molecule has 0 heterocycles. The first kappa shape index (κ1) is 13.5. The van der Waals surface area contributed by atoms with Crippen molar-refractivity contribution in [2.45, 2.75) is 45.4 Å². The molecule has 0 saturated heterocycles. The van der Waals surface area contributed by atoms with Gasteiger partial charge in [0.2, 0.25) is 0 Å². The minimum Gasteiger partial charge on any atom is -0.481 e. The number of rotatable bonds is 3. The summed E-state index contributed by atoms with van der Waals surface area (Å²) < 4.78 is 0. The van der Waals surface area contributed by atoms with Gasteiger partial charge in [-0.1, -0.05) is 26.2 Å². The van der Waals surface area contributed by atoms with Crippen LogP contribution in [0.4, 0.5) is 0 Å². The van der Waals surface area contributed by atoms with Crippen LogP contribution in [-0.2, 0) is 4.79 Å². The fourth-order valence-electron chi connectivity index (χ4n) is 3.85. The smallest absolute Gasteiger partial charge is 0.303 e. The van der Waals surface area contributed by atoms with Gasteiger partial charge in [-0.15, -0.1) is 0 Å². The molecule has 0 bridgehead atoms. The first-order valence-corrected chi connectivity index (χ1v) is 6.53. The average molecular weight is 227 g/mol. The molecule has 94 valence electrons. The molecular formula is C13H25NO2. The molecule has 3 heteroatoms. The Labute approximate surface area is 98.4 Å². The highest BCUT2D eigenvalue weighted by atomic mass is 16.4. The van der Waals surface area contributed by atoms with E-state index in [1.165, 1.54) is 39.2 Å². The van der Waals surface area contributed by atoms with E-state index >= 15 is 0 Å². The summed E-state index contributed by atoms with van der Waals surface area (Å²) in [6, 6.07) is 0. The Bertz CT molecular complexity index is 224. The average Bonchev–Trinajstić information content (AvgIpc) is 2.30. The van der Waals surface area contributed by atoms with Gasteiger partial charge in [-0.3, -0.25) is 4.79 Å². The Balaban J connectivity index is 0.000000606. The molecule has 2 aliphatic rings. The summed E-state index contributed by atoms with van der Waals surface area (Å²) in [5.41, 5.74) is 4.50. The van der Waals surface area contributed by atoms with E-state index in [4.69, 9.17) is 5.11 Å². The minimum absolute atomic E-state index is 0.416. The molecule has 16 heavy (non-hydrogen) atoms. The summed E-state index contributed by atoms with van der Waals surface area (Å²) in [6.45, 7) is 2.21. The number of carboxylic acids is 1. The van der Waals surface area contributed by atoms with Crippen molar-refractivity contribution in [3.63, 3.8) is 0 Å². The second kappa shape index (κ2) is 6.24. The van der Waals surface area contributed by atoms with Crippen molar-refractivity contribution in [1.29, 1.82) is 0 Å². The molecule has 0 radical (unpaired) electrons. The van der Waals surface area contributed by atoms with E-state index in [9.17, 15) is 4.79 Å². The third kappa shape index (κ3) is 2.57. The van der Waals surface area contributed by atoms with E-state index in [1.54, 1.807) is 0 Å². The number of aliphatic carboxylic acids is 1. The topological polar surface area (TPSA) is 63.3 Å². The van der Waals surface area contributed by atoms with E-state index in [-0.39, 0.29) is 0 Å². The van der Waals surface area contributed by atoms with Crippen LogP contribution in [0.3, 0.4) is 0 Å². The highest BCUT2D eigenvalue weighted by Gasteiger charge is 2.49. The molecule has 3 N–H and O–H groups in total. The van der Waals surface area contributed by atoms with Crippen molar-refractivity contribution in [2.24, 2.45) is 29.4 Å². The second-order valence-corrected chi connectivity index (χ2v) is 4.95. The lowest BCUT2D eigenvalue weighted by atomic mass is 9.50. The van der Waals surface area contributed by atoms with Gasteiger partial charge in [0.15, 0.2) is 0 Å². The zero-order chi connectivity index (χ0) is 12.1. The van der Waals surface area contributed by atoms with Gasteiger partial charge in [-0.2, -0.15) is 0 Å². The molecule has 0 aliphatic heterocycles. The molecule has 0 aromatic carbocycles. The van der Waals surface area contributed by atoms with Crippen LogP contribution in [0, 0.1) is 23.7 Å². The van der Waals surface area contributed by atoms with E-state index < -0.39 is 5.97 Å². The van der Waals surface area contributed by atoms with Crippen molar-refractivity contribution >= 4 is 5.97 Å². The summed E-state index contributed by atoms with van der Waals surface area (Å²) >= 11 is 0. The van der Waals surface area contributed by atoms with E-state index in [0.717, 1.165) is 17.8 Å². The molecule has 0 aromatic heterocycles. The number of hydrogen-bond acceptors (Lipinski definition) is 2. The largest absolute Gasteiger partial charge is 0.481 e. The van der Waals surface area contributed by atoms with Gasteiger partial charge in [-0.05, 0) is 43.6 Å². The quantitative estimate of drug-likeness (QED) is 0.778. The molecule has 2 rings (SSSR count). The van der Waals surface area contributed by atoms with Gasteiger partial charge in [-0.25, -0.2) is 0 Å². The third-order valence-electron chi connectivity index (χ3n) is 4.41. The number of fused-ring (bicyclic) bond motifs is 1. The Morgan fingerprint density at radius 3 is 2.12 bits per heavy atom. The van der Waals surface area contributed by atoms with Crippen LogP contribution in [0.2, 0.25) is 0 Å². The molecule has 2 saturated carbocycles. The summed E-state index contributed by atoms with van der Waals surface area (Å²) in [5, 5.41) is 8.85. The van der Waals surface area contributed by atoms with Crippen molar-refractivity contribution in [3.8, 4) is 0 Å². The van der Waals surface area contributed by atoms with E-state index in [0.29, 0.717) is 12.3 Å². The Morgan fingerprint density at radius 2 is 1.69 bits per heavy atom. The van der Waals surface area contributed by atoms with E-state index in [2.05, 4.69) is 12.7 Å². The molecule has 0 spiro atoms. The van der Waals surface area contributed by atoms with Crippen molar-refractivity contribution in [2.75, 3.05) is 7.05 Å².